The highest BCUT2D eigenvalue weighted by atomic mass is 16.7. The van der Waals surface area contributed by atoms with E-state index in [1.807, 2.05) is 26.8 Å². The van der Waals surface area contributed by atoms with Crippen molar-refractivity contribution < 1.29 is 18.9 Å². The Kier molecular flexibility index (Phi) is 10.3. The summed E-state index contributed by atoms with van der Waals surface area (Å²) in [5, 5.41) is 9.99. The summed E-state index contributed by atoms with van der Waals surface area (Å²) in [5.41, 5.74) is -0.646. The Balaban J connectivity index is 1.59. The Morgan fingerprint density at radius 3 is 2.13 bits per heavy atom. The lowest BCUT2D eigenvalue weighted by atomic mass is 9.64. The number of benzene rings is 1. The molecule has 2 amide bonds. The average molecular weight is 542 g/mol. The normalized spacial score (nSPS) is 23.5. The minimum atomic E-state index is -0.919. The molecule has 1 atom stereocenters. The van der Waals surface area contributed by atoms with Gasteiger partial charge in [0.15, 0.2) is 0 Å². The third-order valence-electron chi connectivity index (χ3n) is 8.61. The van der Waals surface area contributed by atoms with Crippen LogP contribution >= 0.6 is 0 Å². The van der Waals surface area contributed by atoms with Gasteiger partial charge in [-0.2, -0.15) is 0 Å². The van der Waals surface area contributed by atoms with Gasteiger partial charge in [-0.3, -0.25) is 9.59 Å². The average Bonchev–Trinajstić information content (AvgIpc) is 2.99. The quantitative estimate of drug-likeness (QED) is 0.241. The summed E-state index contributed by atoms with van der Waals surface area (Å²) in [6, 6.07) is 10.9. The van der Waals surface area contributed by atoms with Gasteiger partial charge in [-0.15, -0.1) is 0 Å². The van der Waals surface area contributed by atoms with E-state index in [0.717, 1.165) is 51.4 Å². The molecular weight excluding hydrogens is 489 g/mol. The fraction of sp³-hybridized carbons (Fsp3) is 0.742. The standard InChI is InChI=1S/C31H52BN3O4/c1-23(36)34-31(27(37)35-28(2,3)4,18-12-13-19-32-38-29(5,6)30(7,8)39-32)25-21-26(22-25)33-20-14-17-24-15-10-9-11-16-24/h9-11,15-16,25-26,33H,12-14,17-22H2,1-8H3,(H,34,36)(H,35,37)/t25?,26?,31-/m0/s1. The highest BCUT2D eigenvalue weighted by Gasteiger charge is 2.53. The summed E-state index contributed by atoms with van der Waals surface area (Å²) >= 11 is 0. The first kappa shape index (κ1) is 31.6. The van der Waals surface area contributed by atoms with Crippen LogP contribution in [0.15, 0.2) is 30.3 Å². The molecule has 2 fully saturated rings. The fourth-order valence-corrected chi connectivity index (χ4v) is 5.72. The monoisotopic (exact) mass is 541 g/mol. The summed E-state index contributed by atoms with van der Waals surface area (Å²) < 4.78 is 12.3. The van der Waals surface area contributed by atoms with Gasteiger partial charge in [0, 0.05) is 18.5 Å². The number of amides is 2. The van der Waals surface area contributed by atoms with E-state index in [-0.39, 0.29) is 41.6 Å². The van der Waals surface area contributed by atoms with Gasteiger partial charge in [0.1, 0.15) is 5.54 Å². The van der Waals surface area contributed by atoms with Crippen LogP contribution in [-0.4, -0.2) is 53.8 Å². The van der Waals surface area contributed by atoms with Crippen molar-refractivity contribution in [1.29, 1.82) is 0 Å². The van der Waals surface area contributed by atoms with Crippen LogP contribution < -0.4 is 16.0 Å². The molecule has 1 heterocycles. The van der Waals surface area contributed by atoms with E-state index in [1.54, 1.807) is 0 Å². The zero-order chi connectivity index (χ0) is 28.9. The molecule has 0 aromatic heterocycles. The first-order chi connectivity index (χ1) is 18.1. The summed E-state index contributed by atoms with van der Waals surface area (Å²) in [6.07, 6.45) is 6.89. The topological polar surface area (TPSA) is 88.7 Å². The molecule has 3 rings (SSSR count). The van der Waals surface area contributed by atoms with Crippen LogP contribution in [0.2, 0.25) is 6.32 Å². The number of aryl methyl sites for hydroxylation is 1. The number of hydrogen-bond donors (Lipinski definition) is 3. The molecule has 0 bridgehead atoms. The summed E-state index contributed by atoms with van der Waals surface area (Å²) in [4.78, 5) is 26.2. The molecule has 2 aliphatic rings. The Labute approximate surface area is 237 Å². The third kappa shape index (κ3) is 8.54. The predicted octanol–water partition coefficient (Wildman–Crippen LogP) is 5.04. The Bertz CT molecular complexity index is 940. The van der Waals surface area contributed by atoms with E-state index in [9.17, 15) is 9.59 Å². The summed E-state index contributed by atoms with van der Waals surface area (Å²) in [6.45, 7) is 16.7. The number of rotatable bonds is 13. The highest BCUT2D eigenvalue weighted by molar-refractivity contribution is 6.45. The van der Waals surface area contributed by atoms with E-state index in [4.69, 9.17) is 9.31 Å². The minimum Gasteiger partial charge on any atom is -0.403 e. The van der Waals surface area contributed by atoms with E-state index in [0.29, 0.717) is 12.5 Å². The number of nitrogens with one attached hydrogen (secondary N) is 3. The van der Waals surface area contributed by atoms with Crippen LogP contribution in [0.4, 0.5) is 0 Å². The maximum Gasteiger partial charge on any atom is 0.457 e. The van der Waals surface area contributed by atoms with Crippen LogP contribution in [-0.2, 0) is 25.3 Å². The van der Waals surface area contributed by atoms with Gasteiger partial charge >= 0.3 is 7.12 Å². The van der Waals surface area contributed by atoms with Crippen molar-refractivity contribution in [3.63, 3.8) is 0 Å². The maximum atomic E-state index is 13.8. The number of carbonyl (C=O) groups excluding carboxylic acids is 2. The highest BCUT2D eigenvalue weighted by Crippen LogP contribution is 2.41. The molecule has 39 heavy (non-hydrogen) atoms. The Morgan fingerprint density at radius 1 is 0.949 bits per heavy atom. The molecule has 0 radical (unpaired) electrons. The number of carbonyl (C=O) groups is 2. The Morgan fingerprint density at radius 2 is 1.56 bits per heavy atom. The Hall–Kier alpha value is -1.90. The molecule has 218 valence electrons. The molecule has 0 spiro atoms. The van der Waals surface area contributed by atoms with Crippen molar-refractivity contribution in [1.82, 2.24) is 16.0 Å². The molecule has 1 aromatic rings. The lowest BCUT2D eigenvalue weighted by molar-refractivity contribution is -0.139. The first-order valence-corrected chi connectivity index (χ1v) is 14.9. The second-order valence-electron chi connectivity index (χ2n) is 13.7. The predicted molar refractivity (Wildman–Crippen MR) is 158 cm³/mol. The van der Waals surface area contributed by atoms with Gasteiger partial charge in [0.05, 0.1) is 11.2 Å². The molecule has 7 nitrogen and oxygen atoms in total. The SMILES string of the molecule is CC(=O)N[C@](CCCCB1OC(C)(C)C(C)(C)O1)(C(=O)NC(C)(C)C)C1CC(NCCCc2ccccc2)C1. The number of unbranched alkanes of at least 4 members (excludes halogenated alkanes) is 1. The van der Waals surface area contributed by atoms with Crippen LogP contribution in [0.1, 0.15) is 99.5 Å². The fourth-order valence-electron chi connectivity index (χ4n) is 5.72. The molecule has 1 saturated heterocycles. The first-order valence-electron chi connectivity index (χ1n) is 14.9. The van der Waals surface area contributed by atoms with Crippen molar-refractivity contribution >= 4 is 18.9 Å². The van der Waals surface area contributed by atoms with Crippen molar-refractivity contribution in [2.24, 2.45) is 5.92 Å². The van der Waals surface area contributed by atoms with Crippen LogP contribution in [0.5, 0.6) is 0 Å². The zero-order valence-corrected chi connectivity index (χ0v) is 25.6. The minimum absolute atomic E-state index is 0.0756. The van der Waals surface area contributed by atoms with Crippen molar-refractivity contribution in [2.75, 3.05) is 6.54 Å². The van der Waals surface area contributed by atoms with Gasteiger partial charge in [0.2, 0.25) is 11.8 Å². The molecule has 0 unspecified atom stereocenters. The smallest absolute Gasteiger partial charge is 0.403 e. The van der Waals surface area contributed by atoms with E-state index in [1.165, 1.54) is 12.5 Å². The van der Waals surface area contributed by atoms with Gasteiger partial charge in [-0.1, -0.05) is 43.2 Å². The van der Waals surface area contributed by atoms with Crippen LogP contribution in [0.3, 0.4) is 0 Å². The van der Waals surface area contributed by atoms with E-state index >= 15 is 0 Å². The third-order valence-corrected chi connectivity index (χ3v) is 8.61. The van der Waals surface area contributed by atoms with Gasteiger partial charge in [-0.05, 0) is 105 Å². The zero-order valence-electron chi connectivity index (χ0n) is 25.6. The summed E-state index contributed by atoms with van der Waals surface area (Å²) in [5.74, 6) is -0.148. The summed E-state index contributed by atoms with van der Waals surface area (Å²) in [7, 11) is -0.248. The maximum absolute atomic E-state index is 13.8. The second-order valence-corrected chi connectivity index (χ2v) is 13.7. The molecule has 1 aliphatic heterocycles. The van der Waals surface area contributed by atoms with Crippen LogP contribution in [0, 0.1) is 5.92 Å². The second kappa shape index (κ2) is 12.7. The molecule has 8 heteroatoms. The van der Waals surface area contributed by atoms with E-state index in [2.05, 4.69) is 67.9 Å². The number of hydrogen-bond acceptors (Lipinski definition) is 5. The lowest BCUT2D eigenvalue weighted by Gasteiger charge is -2.49. The molecular formula is C31H52BN3O4. The van der Waals surface area contributed by atoms with Crippen LogP contribution in [0.25, 0.3) is 0 Å². The van der Waals surface area contributed by atoms with Crippen molar-refractivity contribution in [2.45, 2.75) is 135 Å². The molecule has 1 aromatic carbocycles. The van der Waals surface area contributed by atoms with Gasteiger partial charge in [-0.25, -0.2) is 0 Å². The van der Waals surface area contributed by atoms with Gasteiger partial charge < -0.3 is 25.3 Å². The van der Waals surface area contributed by atoms with Crippen molar-refractivity contribution in [3.05, 3.63) is 35.9 Å². The lowest BCUT2D eigenvalue weighted by Crippen LogP contribution is -2.68. The van der Waals surface area contributed by atoms with Gasteiger partial charge in [0.25, 0.3) is 0 Å². The van der Waals surface area contributed by atoms with Crippen molar-refractivity contribution in [3.8, 4) is 0 Å². The van der Waals surface area contributed by atoms with E-state index < -0.39 is 5.54 Å². The molecule has 3 N–H and O–H groups in total. The molecule has 1 aliphatic carbocycles. The molecule has 1 saturated carbocycles. The largest absolute Gasteiger partial charge is 0.457 e.